The van der Waals surface area contributed by atoms with Gasteiger partial charge in [-0.2, -0.15) is 0 Å². The summed E-state index contributed by atoms with van der Waals surface area (Å²) in [6.07, 6.45) is 7.73. The lowest BCUT2D eigenvalue weighted by atomic mass is 9.95. The monoisotopic (exact) mass is 781 g/mol. The van der Waals surface area contributed by atoms with Gasteiger partial charge in [0, 0.05) is 61.8 Å². The van der Waals surface area contributed by atoms with Crippen LogP contribution in [0.4, 0.5) is 0 Å². The molecule has 0 unspecified atom stereocenters. The predicted molar refractivity (Wildman–Crippen MR) is 257 cm³/mol. The third-order valence-corrected chi connectivity index (χ3v) is 11.9. The molecular formula is C56H39N5. The first kappa shape index (κ1) is 36.0. The second-order valence-electron chi connectivity index (χ2n) is 15.4. The van der Waals surface area contributed by atoms with Crippen LogP contribution in [0.1, 0.15) is 18.1 Å². The Hall–Kier alpha value is -8.15. The van der Waals surface area contributed by atoms with Crippen LogP contribution in [0, 0.1) is 0 Å². The van der Waals surface area contributed by atoms with Crippen molar-refractivity contribution < 1.29 is 0 Å². The van der Waals surface area contributed by atoms with Gasteiger partial charge in [0.25, 0.3) is 0 Å². The van der Waals surface area contributed by atoms with Crippen LogP contribution in [-0.4, -0.2) is 25.8 Å². The van der Waals surface area contributed by atoms with Gasteiger partial charge in [0.2, 0.25) is 0 Å². The highest BCUT2D eigenvalue weighted by Crippen LogP contribution is 2.39. The van der Waals surface area contributed by atoms with E-state index in [0.717, 1.165) is 72.6 Å². The summed E-state index contributed by atoms with van der Waals surface area (Å²) in [5.41, 5.74) is 16.0. The Kier molecular flexibility index (Phi) is 8.79. The molecule has 0 saturated carbocycles. The molecule has 0 spiro atoms. The highest BCUT2D eigenvalue weighted by atomic mass is 15.0. The van der Waals surface area contributed by atoms with E-state index in [1.165, 1.54) is 38.1 Å². The van der Waals surface area contributed by atoms with E-state index in [1.807, 2.05) is 24.4 Å². The zero-order valence-corrected chi connectivity index (χ0v) is 33.6. The van der Waals surface area contributed by atoms with Gasteiger partial charge < -0.3 is 9.13 Å². The molecular weight excluding hydrogens is 743 g/mol. The molecule has 5 heteroatoms. The summed E-state index contributed by atoms with van der Waals surface area (Å²) in [5.74, 6) is 0. The van der Waals surface area contributed by atoms with Gasteiger partial charge in [0.15, 0.2) is 0 Å². The van der Waals surface area contributed by atoms with Gasteiger partial charge in [-0.05, 0) is 133 Å². The van der Waals surface area contributed by atoms with Crippen LogP contribution in [0.5, 0.6) is 0 Å². The van der Waals surface area contributed by atoms with E-state index in [4.69, 9.17) is 4.98 Å². The van der Waals surface area contributed by atoms with Crippen molar-refractivity contribution in [2.75, 3.05) is 0 Å². The lowest BCUT2D eigenvalue weighted by Gasteiger charge is -2.13. The summed E-state index contributed by atoms with van der Waals surface area (Å²) in [6.45, 7) is 6.03. The Bertz CT molecular complexity index is 3540. The van der Waals surface area contributed by atoms with Gasteiger partial charge in [-0.1, -0.05) is 97.1 Å². The van der Waals surface area contributed by atoms with Gasteiger partial charge in [-0.25, -0.2) is 4.98 Å². The molecule has 288 valence electrons. The third-order valence-electron chi connectivity index (χ3n) is 11.9. The summed E-state index contributed by atoms with van der Waals surface area (Å²) in [4.78, 5) is 14.0. The van der Waals surface area contributed by atoms with Crippen molar-refractivity contribution in [3.8, 4) is 33.8 Å². The summed E-state index contributed by atoms with van der Waals surface area (Å²) < 4.78 is 4.70. The smallest absolute Gasteiger partial charge is 0.0716 e. The van der Waals surface area contributed by atoms with Gasteiger partial charge in [0.1, 0.15) is 0 Å². The molecule has 0 aliphatic carbocycles. The summed E-state index contributed by atoms with van der Waals surface area (Å²) in [6, 6.07) is 64.9. The Morgan fingerprint density at radius 2 is 1.05 bits per heavy atom. The number of hydrogen-bond acceptors (Lipinski definition) is 3. The topological polar surface area (TPSA) is 48.0 Å². The fourth-order valence-electron chi connectivity index (χ4n) is 8.92. The Labute approximate surface area is 353 Å². The second kappa shape index (κ2) is 14.9. The van der Waals surface area contributed by atoms with Gasteiger partial charge in [0.05, 0.1) is 39.0 Å². The fraction of sp³-hybridized carbons (Fsp3) is 0.0179. The van der Waals surface area contributed by atoms with E-state index in [2.05, 4.69) is 209 Å². The van der Waals surface area contributed by atoms with Crippen LogP contribution in [0.2, 0.25) is 0 Å². The summed E-state index contributed by atoms with van der Waals surface area (Å²) in [7, 11) is 0. The molecule has 0 N–H and O–H groups in total. The minimum atomic E-state index is 0.759. The van der Waals surface area contributed by atoms with E-state index < -0.39 is 0 Å². The first-order chi connectivity index (χ1) is 30.1. The number of aromatic nitrogens is 4. The largest absolute Gasteiger partial charge is 0.309 e. The van der Waals surface area contributed by atoms with Crippen LogP contribution in [0.25, 0.3) is 99.5 Å². The van der Waals surface area contributed by atoms with Crippen LogP contribution in [0.15, 0.2) is 212 Å². The average molecular weight is 782 g/mol. The van der Waals surface area contributed by atoms with Crippen LogP contribution in [-0.2, 0) is 0 Å². The fourth-order valence-corrected chi connectivity index (χ4v) is 8.92. The summed E-state index contributed by atoms with van der Waals surface area (Å²) in [5, 5.41) is 5.92. The number of allylic oxidation sites excluding steroid dienone is 3. The molecule has 61 heavy (non-hydrogen) atoms. The molecule has 0 radical (unpaired) electrons. The van der Waals surface area contributed by atoms with Crippen LogP contribution >= 0.6 is 0 Å². The number of fused-ring (bicyclic) bond motifs is 7. The third kappa shape index (κ3) is 6.23. The lowest BCUT2D eigenvalue weighted by molar-refractivity contribution is 1.18. The molecule has 5 nitrogen and oxygen atoms in total. The van der Waals surface area contributed by atoms with Crippen molar-refractivity contribution in [2.45, 2.75) is 6.92 Å². The molecule has 0 bridgehead atoms. The van der Waals surface area contributed by atoms with Crippen LogP contribution in [0.3, 0.4) is 0 Å². The molecule has 11 rings (SSSR count). The number of aliphatic imine (C=N–C) groups is 1. The molecule has 0 fully saturated rings. The number of pyridine rings is 2. The molecule has 0 aliphatic heterocycles. The van der Waals surface area contributed by atoms with E-state index >= 15 is 0 Å². The van der Waals surface area contributed by atoms with Crippen LogP contribution < -0.4 is 0 Å². The Morgan fingerprint density at radius 3 is 1.66 bits per heavy atom. The number of para-hydroxylation sites is 4. The van der Waals surface area contributed by atoms with Crippen molar-refractivity contribution in [1.29, 1.82) is 0 Å². The molecule has 0 saturated heterocycles. The maximum Gasteiger partial charge on any atom is 0.0716 e. The van der Waals surface area contributed by atoms with E-state index in [9.17, 15) is 0 Å². The van der Waals surface area contributed by atoms with Crippen molar-refractivity contribution in [1.82, 2.24) is 19.1 Å². The molecule has 4 heterocycles. The molecule has 0 aliphatic rings. The van der Waals surface area contributed by atoms with Crippen molar-refractivity contribution in [2.24, 2.45) is 4.99 Å². The quantitative estimate of drug-likeness (QED) is 0.114. The Morgan fingerprint density at radius 1 is 0.508 bits per heavy atom. The Balaban J connectivity index is 1.09. The van der Waals surface area contributed by atoms with E-state index in [1.54, 1.807) is 6.20 Å². The molecule has 0 atom stereocenters. The number of benzene rings is 7. The van der Waals surface area contributed by atoms with E-state index in [-0.39, 0.29) is 0 Å². The average Bonchev–Trinajstić information content (AvgIpc) is 3.84. The molecule has 4 aromatic heterocycles. The normalized spacial score (nSPS) is 12.3. The van der Waals surface area contributed by atoms with Crippen molar-refractivity contribution in [3.63, 3.8) is 0 Å². The number of nitrogens with zero attached hydrogens (tertiary/aromatic N) is 5. The van der Waals surface area contributed by atoms with E-state index in [0.29, 0.717) is 0 Å². The highest BCUT2D eigenvalue weighted by Gasteiger charge is 2.17. The van der Waals surface area contributed by atoms with Gasteiger partial charge in [-0.3, -0.25) is 9.98 Å². The van der Waals surface area contributed by atoms with Gasteiger partial charge >= 0.3 is 0 Å². The summed E-state index contributed by atoms with van der Waals surface area (Å²) >= 11 is 0. The standard InChI is InChI=1S/C56H39N5/c1-37(23-27-50(57-2)41-14-13-31-58-36-41)46-35-52(40-26-30-56-49(34-40)45-20-10-12-22-54(45)61(56)43-17-7-4-8-18-43)59-51-28-24-38(32-47(46)51)39-25-29-55-48(33-39)44-19-9-11-21-53(44)60(55)42-15-5-3-6-16-42/h3-36H,2H2,1H3/b37-23+,50-27-. The lowest BCUT2D eigenvalue weighted by Crippen LogP contribution is -1.94. The van der Waals surface area contributed by atoms with Crippen molar-refractivity contribution in [3.05, 3.63) is 218 Å². The zero-order valence-electron chi connectivity index (χ0n) is 33.6. The van der Waals surface area contributed by atoms with Crippen molar-refractivity contribution >= 4 is 72.5 Å². The number of hydrogen-bond donors (Lipinski definition) is 0. The minimum absolute atomic E-state index is 0.759. The maximum absolute atomic E-state index is 5.37. The molecule has 0 amide bonds. The van der Waals surface area contributed by atoms with Gasteiger partial charge in [-0.15, -0.1) is 0 Å². The maximum atomic E-state index is 5.37. The molecule has 7 aromatic carbocycles. The minimum Gasteiger partial charge on any atom is -0.309 e. The zero-order chi connectivity index (χ0) is 40.9. The molecule has 11 aromatic rings. The predicted octanol–water partition coefficient (Wildman–Crippen LogP) is 14.3. The number of rotatable bonds is 8. The first-order valence-corrected chi connectivity index (χ1v) is 20.5. The second-order valence-corrected chi connectivity index (χ2v) is 15.4. The first-order valence-electron chi connectivity index (χ1n) is 20.5. The highest BCUT2D eigenvalue weighted by molar-refractivity contribution is 6.12. The SMILES string of the molecule is C=N/C(=C\C=C(/C)c1cc(-c2ccc3c(c2)c2ccccc2n3-c2ccccc2)nc2ccc(-c3ccc4c(c3)c3ccccc3n4-c3ccccc3)cc12)c1cccnc1.